The van der Waals surface area contributed by atoms with Gasteiger partial charge in [-0.3, -0.25) is 19.3 Å². The number of nitrogens with one attached hydrogen (secondary N) is 2. The maximum atomic E-state index is 13.0. The lowest BCUT2D eigenvalue weighted by atomic mass is 9.98. The molecule has 0 amide bonds. The van der Waals surface area contributed by atoms with Crippen LogP contribution in [0.2, 0.25) is 0 Å². The van der Waals surface area contributed by atoms with Crippen LogP contribution >= 0.6 is 12.2 Å². The van der Waals surface area contributed by atoms with Crippen LogP contribution in [0.4, 0.5) is 5.82 Å². The zero-order valence-electron chi connectivity index (χ0n) is 18.1. The number of fused-ring (bicyclic) bond motifs is 2. The van der Waals surface area contributed by atoms with E-state index >= 15 is 0 Å². The topological polar surface area (TPSA) is 141 Å². The number of nitrogens with two attached hydrogens (primary N) is 1. The number of anilines is 1. The molecule has 34 heavy (non-hydrogen) atoms. The average Bonchev–Trinajstić information content (AvgIpc) is 2.82. The highest BCUT2D eigenvalue weighted by Crippen LogP contribution is 2.41. The number of aromatic amines is 2. The minimum absolute atomic E-state index is 0.0490. The fourth-order valence-electron chi connectivity index (χ4n) is 3.97. The monoisotopic (exact) mass is 474 g/mol. The van der Waals surface area contributed by atoms with Crippen molar-refractivity contribution >= 4 is 40.1 Å². The van der Waals surface area contributed by atoms with Crippen molar-refractivity contribution in [2.45, 2.75) is 0 Å². The number of nitrogens with zero attached hydrogens (tertiary/aromatic N) is 3. The molecule has 10 nitrogen and oxygen atoms in total. The summed E-state index contributed by atoms with van der Waals surface area (Å²) in [4.78, 5) is 38.8. The van der Waals surface area contributed by atoms with Crippen molar-refractivity contribution in [3.63, 3.8) is 0 Å². The SMILES string of the molecule is COc1ccc(-c2c3c(N)n(-c4ccccc4)c(=S)nc3nc3[nH]c(=O)[nH]c(=O)c23)c(OC)c1. The molecule has 4 N–H and O–H groups in total. The van der Waals surface area contributed by atoms with Gasteiger partial charge in [-0.2, -0.15) is 4.98 Å². The maximum Gasteiger partial charge on any atom is 0.327 e. The lowest BCUT2D eigenvalue weighted by Gasteiger charge is -2.18. The average molecular weight is 475 g/mol. The van der Waals surface area contributed by atoms with Gasteiger partial charge in [0.25, 0.3) is 5.56 Å². The number of benzene rings is 2. The van der Waals surface area contributed by atoms with Crippen molar-refractivity contribution in [1.29, 1.82) is 0 Å². The molecule has 5 aromatic rings. The van der Waals surface area contributed by atoms with E-state index in [4.69, 9.17) is 27.4 Å². The minimum atomic E-state index is -0.696. The predicted molar refractivity (Wildman–Crippen MR) is 131 cm³/mol. The second-order valence-electron chi connectivity index (χ2n) is 7.33. The fraction of sp³-hybridized carbons (Fsp3) is 0.0870. The Balaban J connectivity index is 2.04. The van der Waals surface area contributed by atoms with Crippen LogP contribution in [-0.4, -0.2) is 38.7 Å². The second-order valence-corrected chi connectivity index (χ2v) is 7.70. The third kappa shape index (κ3) is 3.30. The molecule has 0 aliphatic carbocycles. The Labute approximate surface area is 196 Å². The quantitative estimate of drug-likeness (QED) is 0.267. The molecule has 0 spiro atoms. The number of aromatic nitrogens is 5. The van der Waals surface area contributed by atoms with Crippen LogP contribution in [0, 0.1) is 4.77 Å². The van der Waals surface area contributed by atoms with Gasteiger partial charge in [-0.1, -0.05) is 18.2 Å². The zero-order valence-corrected chi connectivity index (χ0v) is 18.9. The van der Waals surface area contributed by atoms with Gasteiger partial charge >= 0.3 is 5.69 Å². The highest BCUT2D eigenvalue weighted by Gasteiger charge is 2.23. The Bertz CT molecular complexity index is 1760. The van der Waals surface area contributed by atoms with Crippen LogP contribution in [0.3, 0.4) is 0 Å². The first-order valence-corrected chi connectivity index (χ1v) is 10.5. The van der Waals surface area contributed by atoms with E-state index in [1.807, 2.05) is 30.3 Å². The van der Waals surface area contributed by atoms with Gasteiger partial charge in [-0.25, -0.2) is 9.78 Å². The number of nitrogen functional groups attached to an aromatic ring is 1. The number of para-hydroxylation sites is 1. The largest absolute Gasteiger partial charge is 0.497 e. The van der Waals surface area contributed by atoms with Crippen LogP contribution in [0.1, 0.15) is 0 Å². The molecule has 0 aliphatic rings. The summed E-state index contributed by atoms with van der Waals surface area (Å²) >= 11 is 5.52. The van der Waals surface area contributed by atoms with Gasteiger partial charge in [0, 0.05) is 22.9 Å². The fourth-order valence-corrected chi connectivity index (χ4v) is 4.26. The third-order valence-electron chi connectivity index (χ3n) is 5.45. The van der Waals surface area contributed by atoms with Crippen molar-refractivity contribution in [1.82, 2.24) is 24.5 Å². The van der Waals surface area contributed by atoms with Gasteiger partial charge in [0.2, 0.25) is 4.77 Å². The van der Waals surface area contributed by atoms with Crippen LogP contribution in [0.25, 0.3) is 38.9 Å². The standard InChI is InChI=1S/C23H18N6O4S/c1-32-12-8-9-13(14(10-12)33-2)15-16-18(24)29(11-6-4-3-5-7-11)23(34)27-19(16)25-20-17(15)21(30)28-22(31)26-20/h3-10H,24H2,1-2H3,(H2,25,26,27,28,30,31,34). The van der Waals surface area contributed by atoms with Crippen LogP contribution in [0.5, 0.6) is 11.5 Å². The third-order valence-corrected chi connectivity index (χ3v) is 5.72. The molecule has 0 saturated heterocycles. The lowest BCUT2D eigenvalue weighted by molar-refractivity contribution is 0.395. The van der Waals surface area contributed by atoms with Crippen molar-refractivity contribution in [3.05, 3.63) is 74.1 Å². The predicted octanol–water partition coefficient (Wildman–Crippen LogP) is 2.95. The summed E-state index contributed by atoms with van der Waals surface area (Å²) in [5, 5.41) is 0.506. The van der Waals surface area contributed by atoms with E-state index < -0.39 is 11.2 Å². The van der Waals surface area contributed by atoms with E-state index in [2.05, 4.69) is 19.9 Å². The summed E-state index contributed by atoms with van der Waals surface area (Å²) in [5.41, 5.74) is 7.19. The highest BCUT2D eigenvalue weighted by atomic mass is 32.1. The van der Waals surface area contributed by atoms with E-state index in [1.165, 1.54) is 14.2 Å². The molecule has 3 heterocycles. The summed E-state index contributed by atoms with van der Waals surface area (Å²) in [6, 6.07) is 14.4. The summed E-state index contributed by atoms with van der Waals surface area (Å²) in [6.45, 7) is 0. The van der Waals surface area contributed by atoms with Crippen LogP contribution in [-0.2, 0) is 0 Å². The van der Waals surface area contributed by atoms with E-state index in [0.717, 1.165) is 0 Å². The first-order valence-electron chi connectivity index (χ1n) is 10.1. The molecular weight excluding hydrogens is 456 g/mol. The van der Waals surface area contributed by atoms with Crippen molar-refractivity contribution in [2.24, 2.45) is 0 Å². The summed E-state index contributed by atoms with van der Waals surface area (Å²) in [5.74, 6) is 1.21. The summed E-state index contributed by atoms with van der Waals surface area (Å²) in [7, 11) is 3.04. The second kappa shape index (κ2) is 8.12. The van der Waals surface area contributed by atoms with Gasteiger partial charge in [-0.15, -0.1) is 0 Å². The highest BCUT2D eigenvalue weighted by molar-refractivity contribution is 7.71. The molecule has 0 unspecified atom stereocenters. The number of pyridine rings is 1. The molecule has 170 valence electrons. The smallest absolute Gasteiger partial charge is 0.327 e. The number of ether oxygens (including phenoxy) is 2. The maximum absolute atomic E-state index is 13.0. The molecule has 0 radical (unpaired) electrons. The molecule has 0 fully saturated rings. The first kappa shape index (κ1) is 21.3. The molecule has 0 bridgehead atoms. The number of hydrogen-bond donors (Lipinski definition) is 3. The van der Waals surface area contributed by atoms with Gasteiger partial charge < -0.3 is 15.2 Å². The number of rotatable bonds is 4. The number of H-pyrrole nitrogens is 2. The van der Waals surface area contributed by atoms with Crippen molar-refractivity contribution < 1.29 is 9.47 Å². The Morgan fingerprint density at radius 3 is 2.44 bits per heavy atom. The van der Waals surface area contributed by atoms with E-state index in [1.54, 1.807) is 22.8 Å². The van der Waals surface area contributed by atoms with Crippen LogP contribution in [0.15, 0.2) is 58.1 Å². The first-order chi connectivity index (χ1) is 16.4. The molecule has 11 heteroatoms. The van der Waals surface area contributed by atoms with Gasteiger partial charge in [0.05, 0.1) is 25.0 Å². The van der Waals surface area contributed by atoms with E-state index in [-0.39, 0.29) is 27.3 Å². The van der Waals surface area contributed by atoms with E-state index in [9.17, 15) is 9.59 Å². The Kier molecular flexibility index (Phi) is 5.10. The van der Waals surface area contributed by atoms with Crippen molar-refractivity contribution in [2.75, 3.05) is 20.0 Å². The summed E-state index contributed by atoms with van der Waals surface area (Å²) < 4.78 is 12.7. The number of methoxy groups -OCH3 is 2. The molecule has 5 rings (SSSR count). The molecular formula is C23H18N6O4S. The molecule has 0 saturated carbocycles. The lowest BCUT2D eigenvalue weighted by Crippen LogP contribution is -2.23. The molecule has 0 atom stereocenters. The zero-order chi connectivity index (χ0) is 24.0. The molecule has 0 aliphatic heterocycles. The normalized spacial score (nSPS) is 11.1. The Morgan fingerprint density at radius 2 is 1.74 bits per heavy atom. The molecule has 3 aromatic heterocycles. The minimum Gasteiger partial charge on any atom is -0.497 e. The van der Waals surface area contributed by atoms with Gasteiger partial charge in [0.1, 0.15) is 23.0 Å². The Morgan fingerprint density at radius 1 is 0.971 bits per heavy atom. The summed E-state index contributed by atoms with van der Waals surface area (Å²) in [6.07, 6.45) is 0. The molecule has 2 aromatic carbocycles. The Hall–Kier alpha value is -4.51. The van der Waals surface area contributed by atoms with Gasteiger partial charge in [0.15, 0.2) is 5.65 Å². The van der Waals surface area contributed by atoms with Crippen molar-refractivity contribution in [3.8, 4) is 28.3 Å². The number of hydrogen-bond acceptors (Lipinski definition) is 8. The van der Waals surface area contributed by atoms with E-state index in [0.29, 0.717) is 33.7 Å². The van der Waals surface area contributed by atoms with Crippen LogP contribution < -0.4 is 26.5 Å². The van der Waals surface area contributed by atoms with Gasteiger partial charge in [-0.05, 0) is 36.5 Å².